The summed E-state index contributed by atoms with van der Waals surface area (Å²) in [5.41, 5.74) is -4.71. The lowest BCUT2D eigenvalue weighted by atomic mass is 10.0. The molecule has 10 heteroatoms. The maximum atomic E-state index is 13.2. The molecule has 1 saturated heterocycles. The Kier molecular flexibility index (Phi) is 5.05. The lowest BCUT2D eigenvalue weighted by Crippen LogP contribution is -2.17. The van der Waals surface area contributed by atoms with Crippen LogP contribution < -0.4 is 0 Å². The second-order valence-corrected chi connectivity index (χ2v) is 4.94. The fraction of sp³-hybridized carbons (Fsp3) is 0.500. The van der Waals surface area contributed by atoms with Crippen LogP contribution in [0, 0.1) is 6.92 Å². The molecule has 1 fully saturated rings. The van der Waals surface area contributed by atoms with Crippen LogP contribution in [0.5, 0.6) is 0 Å². The minimum Gasteiger partial charge on any atom is -0.481 e. The summed E-state index contributed by atoms with van der Waals surface area (Å²) in [6.07, 6.45) is -7.53. The number of carbonyl (C=O) groups excluding carboxylic acids is 1. The summed E-state index contributed by atoms with van der Waals surface area (Å²) in [4.78, 5) is 18.5. The fourth-order valence-electron chi connectivity index (χ4n) is 2.27. The minimum absolute atomic E-state index is 0.0333. The van der Waals surface area contributed by atoms with Crippen molar-refractivity contribution in [3.63, 3.8) is 0 Å². The lowest BCUT2D eigenvalue weighted by Gasteiger charge is -2.17. The Labute approximate surface area is 133 Å². The molecule has 1 aliphatic rings. The summed E-state index contributed by atoms with van der Waals surface area (Å²) in [6.45, 7) is 1.38. The highest BCUT2D eigenvalue weighted by Crippen LogP contribution is 2.41. The predicted molar refractivity (Wildman–Crippen MR) is 72.6 cm³/mol. The zero-order valence-corrected chi connectivity index (χ0v) is 12.7. The first kappa shape index (κ1) is 18.1. The molecule has 5 nitrogen and oxygen atoms in total. The summed E-state index contributed by atoms with van der Waals surface area (Å²) in [5.74, 6) is -1.18. The smallest absolute Gasteiger partial charge is 0.435 e. The van der Waals surface area contributed by atoms with Crippen LogP contribution in [0.2, 0.25) is 0 Å². The number of hydrogen-bond acceptors (Lipinski definition) is 5. The summed E-state index contributed by atoms with van der Waals surface area (Å²) in [5, 5.41) is 0. The highest BCUT2D eigenvalue weighted by molar-refractivity contribution is 5.94. The van der Waals surface area contributed by atoms with Gasteiger partial charge >= 0.3 is 12.1 Å². The highest BCUT2D eigenvalue weighted by Gasteiger charge is 2.40. The Bertz CT molecular complexity index is 678. The third-order valence-electron chi connectivity index (χ3n) is 3.35. The average molecular weight is 352 g/mol. The molecule has 0 atom stereocenters. The van der Waals surface area contributed by atoms with Crippen molar-refractivity contribution in [1.29, 1.82) is 0 Å². The zero-order chi connectivity index (χ0) is 18.1. The second kappa shape index (κ2) is 6.70. The van der Waals surface area contributed by atoms with Gasteiger partial charge in [-0.25, -0.2) is 23.6 Å². The van der Waals surface area contributed by atoms with E-state index in [0.717, 1.165) is 14.0 Å². The number of halogens is 5. The summed E-state index contributed by atoms with van der Waals surface area (Å²) >= 11 is 0. The Morgan fingerprint density at radius 2 is 2.04 bits per heavy atom. The van der Waals surface area contributed by atoms with E-state index >= 15 is 0 Å². The largest absolute Gasteiger partial charge is 0.481 e. The molecule has 1 aromatic rings. The van der Waals surface area contributed by atoms with Crippen molar-refractivity contribution in [2.24, 2.45) is 4.99 Å². The minimum atomic E-state index is -5.03. The van der Waals surface area contributed by atoms with Crippen molar-refractivity contribution in [3.8, 4) is 0 Å². The van der Waals surface area contributed by atoms with E-state index in [4.69, 9.17) is 4.74 Å². The van der Waals surface area contributed by atoms with Gasteiger partial charge in [-0.2, -0.15) is 13.2 Å². The Morgan fingerprint density at radius 1 is 1.38 bits per heavy atom. The van der Waals surface area contributed by atoms with Crippen molar-refractivity contribution in [2.45, 2.75) is 32.4 Å². The van der Waals surface area contributed by atoms with E-state index < -0.39 is 41.2 Å². The van der Waals surface area contributed by atoms with E-state index in [1.807, 2.05) is 0 Å². The van der Waals surface area contributed by atoms with Crippen LogP contribution in [0.1, 0.15) is 46.6 Å². The zero-order valence-electron chi connectivity index (χ0n) is 12.7. The number of methoxy groups -OCH3 is 1. The lowest BCUT2D eigenvalue weighted by molar-refractivity contribution is -0.140. The van der Waals surface area contributed by atoms with Crippen LogP contribution in [-0.2, 0) is 15.7 Å². The quantitative estimate of drug-likeness (QED) is 0.610. The van der Waals surface area contributed by atoms with Gasteiger partial charge in [-0.15, -0.1) is 0 Å². The van der Waals surface area contributed by atoms with E-state index in [9.17, 15) is 26.7 Å². The monoisotopic (exact) mass is 352 g/mol. The normalized spacial score (nSPS) is 16.6. The molecule has 0 unspecified atom stereocenters. The average Bonchev–Trinajstić information content (AvgIpc) is 2.99. The molecule has 0 amide bonds. The molecule has 2 rings (SSSR count). The number of aromatic nitrogens is 1. The third-order valence-corrected chi connectivity index (χ3v) is 3.35. The van der Waals surface area contributed by atoms with E-state index in [1.54, 1.807) is 0 Å². The number of pyridine rings is 1. The molecule has 24 heavy (non-hydrogen) atoms. The van der Waals surface area contributed by atoms with Gasteiger partial charge in [0.25, 0.3) is 6.43 Å². The molecular weight excluding hydrogens is 339 g/mol. The van der Waals surface area contributed by atoms with Gasteiger partial charge in [0.1, 0.15) is 11.4 Å². The van der Waals surface area contributed by atoms with E-state index in [-0.39, 0.29) is 11.5 Å². The molecule has 0 bridgehead atoms. The van der Waals surface area contributed by atoms with Crippen LogP contribution >= 0.6 is 0 Å². The number of ether oxygens (including phenoxy) is 2. The molecule has 0 aromatic carbocycles. The molecule has 0 radical (unpaired) electrons. The Balaban J connectivity index is 2.79. The van der Waals surface area contributed by atoms with Crippen LogP contribution in [0.4, 0.5) is 27.6 Å². The van der Waals surface area contributed by atoms with Gasteiger partial charge in [0.05, 0.1) is 19.3 Å². The number of nitrogens with zero attached hydrogens (tertiary/aromatic N) is 2. The van der Waals surface area contributed by atoms with Crippen molar-refractivity contribution in [3.05, 3.63) is 22.5 Å². The number of esters is 1. The van der Waals surface area contributed by atoms with Crippen molar-refractivity contribution in [2.75, 3.05) is 13.7 Å². The van der Waals surface area contributed by atoms with E-state index in [1.165, 1.54) is 0 Å². The number of carbonyl (C=O) groups is 1. The van der Waals surface area contributed by atoms with Crippen molar-refractivity contribution < 1.29 is 36.2 Å². The molecule has 0 spiro atoms. The number of aliphatic imine (C=N–C) groups is 1. The van der Waals surface area contributed by atoms with Crippen LogP contribution in [0.15, 0.2) is 4.99 Å². The first-order chi connectivity index (χ1) is 11.2. The molecular formula is C14H13F5N2O3. The standard InChI is InChI=1S/C14H13F5N2O3/c1-6-8(13(22)23-2)10(12(15)16)21-11(14(17,18)19)9(6)20-7-4-3-5-24-7/h12H,3-5H2,1-2H3. The maximum absolute atomic E-state index is 13.2. The van der Waals surface area contributed by atoms with E-state index in [0.29, 0.717) is 19.4 Å². The van der Waals surface area contributed by atoms with Crippen LogP contribution in [0.3, 0.4) is 0 Å². The molecule has 1 aliphatic heterocycles. The third kappa shape index (κ3) is 3.46. The predicted octanol–water partition coefficient (Wildman–Crippen LogP) is 3.97. The molecule has 0 saturated carbocycles. The Morgan fingerprint density at radius 3 is 2.50 bits per heavy atom. The molecule has 1 aromatic heterocycles. The van der Waals surface area contributed by atoms with Gasteiger partial charge in [-0.05, 0) is 18.9 Å². The maximum Gasteiger partial charge on any atom is 0.435 e. The molecule has 2 heterocycles. The van der Waals surface area contributed by atoms with Crippen LogP contribution in [-0.4, -0.2) is 30.6 Å². The van der Waals surface area contributed by atoms with Gasteiger partial charge < -0.3 is 9.47 Å². The first-order valence-corrected chi connectivity index (χ1v) is 6.85. The molecule has 132 valence electrons. The fourth-order valence-corrected chi connectivity index (χ4v) is 2.27. The van der Waals surface area contributed by atoms with Gasteiger partial charge in [-0.1, -0.05) is 0 Å². The molecule has 0 N–H and O–H groups in total. The van der Waals surface area contributed by atoms with Gasteiger partial charge in [0, 0.05) is 6.42 Å². The van der Waals surface area contributed by atoms with E-state index in [2.05, 4.69) is 14.7 Å². The summed E-state index contributed by atoms with van der Waals surface area (Å²) in [6, 6.07) is 0. The molecule has 0 aliphatic carbocycles. The number of rotatable bonds is 3. The number of alkyl halides is 5. The number of hydrogen-bond donors (Lipinski definition) is 0. The van der Waals surface area contributed by atoms with Crippen molar-refractivity contribution >= 4 is 17.6 Å². The topological polar surface area (TPSA) is 60.8 Å². The first-order valence-electron chi connectivity index (χ1n) is 6.85. The van der Waals surface area contributed by atoms with Crippen LogP contribution in [0.25, 0.3) is 0 Å². The second-order valence-electron chi connectivity index (χ2n) is 4.94. The van der Waals surface area contributed by atoms with Gasteiger partial charge in [-0.3, -0.25) is 0 Å². The highest BCUT2D eigenvalue weighted by atomic mass is 19.4. The Hall–Kier alpha value is -2.26. The van der Waals surface area contributed by atoms with Gasteiger partial charge in [0.15, 0.2) is 11.6 Å². The SMILES string of the molecule is COC(=O)c1c(C(F)F)nc(C(F)(F)F)c(N=C2CCCO2)c1C. The summed E-state index contributed by atoms with van der Waals surface area (Å²) < 4.78 is 75.4. The van der Waals surface area contributed by atoms with Crippen molar-refractivity contribution in [1.82, 2.24) is 4.98 Å². The summed E-state index contributed by atoms with van der Waals surface area (Å²) in [7, 11) is 0.931. The van der Waals surface area contributed by atoms with Gasteiger partial charge in [0.2, 0.25) is 0 Å².